The molecule has 0 spiro atoms. The van der Waals surface area contributed by atoms with Crippen LogP contribution in [0.4, 0.5) is 0 Å². The minimum absolute atomic E-state index is 0.0845. The SMILES string of the molecule is CC(C)[C@@H](NC(=O)COCC1CC1)c1ccc2[nH]c(=O)oc2c1. The number of fused-ring (bicyclic) bond motifs is 1. The number of ether oxygens (including phenoxy) is 1. The monoisotopic (exact) mass is 318 g/mol. The molecule has 0 bridgehead atoms. The molecule has 2 aromatic rings. The predicted octanol–water partition coefficient (Wildman–Crippen LogP) is 2.36. The number of hydrogen-bond acceptors (Lipinski definition) is 4. The van der Waals surface area contributed by atoms with Crippen molar-refractivity contribution in [2.24, 2.45) is 11.8 Å². The molecule has 0 aliphatic heterocycles. The Hall–Kier alpha value is -2.08. The quantitative estimate of drug-likeness (QED) is 0.821. The number of H-pyrrole nitrogens is 1. The average molecular weight is 318 g/mol. The van der Waals surface area contributed by atoms with E-state index in [1.165, 1.54) is 12.8 Å². The van der Waals surface area contributed by atoms with E-state index in [0.717, 1.165) is 5.56 Å². The maximum Gasteiger partial charge on any atom is 0.417 e. The fourth-order valence-corrected chi connectivity index (χ4v) is 2.61. The Morgan fingerprint density at radius 2 is 2.22 bits per heavy atom. The van der Waals surface area contributed by atoms with E-state index in [1.807, 2.05) is 19.9 Å². The molecule has 6 heteroatoms. The molecule has 2 N–H and O–H groups in total. The highest BCUT2D eigenvalue weighted by molar-refractivity contribution is 5.78. The van der Waals surface area contributed by atoms with Crippen LogP contribution in [0.3, 0.4) is 0 Å². The molecule has 1 atom stereocenters. The molecule has 0 radical (unpaired) electrons. The molecule has 124 valence electrons. The summed E-state index contributed by atoms with van der Waals surface area (Å²) in [6.07, 6.45) is 2.41. The predicted molar refractivity (Wildman–Crippen MR) is 86.1 cm³/mol. The largest absolute Gasteiger partial charge is 0.417 e. The summed E-state index contributed by atoms with van der Waals surface area (Å²) >= 11 is 0. The zero-order valence-electron chi connectivity index (χ0n) is 13.4. The summed E-state index contributed by atoms with van der Waals surface area (Å²) in [4.78, 5) is 25.9. The van der Waals surface area contributed by atoms with Crippen LogP contribution in [0, 0.1) is 11.8 Å². The van der Waals surface area contributed by atoms with Crippen molar-refractivity contribution in [3.05, 3.63) is 34.3 Å². The number of amides is 1. The second-order valence-corrected chi connectivity index (χ2v) is 6.52. The van der Waals surface area contributed by atoms with Crippen molar-refractivity contribution in [3.63, 3.8) is 0 Å². The normalized spacial score (nSPS) is 16.0. The lowest BCUT2D eigenvalue weighted by atomic mass is 9.95. The summed E-state index contributed by atoms with van der Waals surface area (Å²) in [5.41, 5.74) is 2.06. The molecule has 1 heterocycles. The minimum atomic E-state index is -0.476. The molecule has 3 rings (SSSR count). The molecular weight excluding hydrogens is 296 g/mol. The first-order valence-electron chi connectivity index (χ1n) is 8.03. The first-order valence-corrected chi connectivity index (χ1v) is 8.03. The van der Waals surface area contributed by atoms with Gasteiger partial charge in [0.1, 0.15) is 6.61 Å². The third-order valence-electron chi connectivity index (χ3n) is 4.07. The van der Waals surface area contributed by atoms with Crippen LogP contribution in [-0.4, -0.2) is 24.1 Å². The number of carbonyl (C=O) groups excluding carboxylic acids is 1. The first-order chi connectivity index (χ1) is 11.0. The van der Waals surface area contributed by atoms with Gasteiger partial charge in [-0.05, 0) is 42.4 Å². The number of rotatable bonds is 7. The van der Waals surface area contributed by atoms with E-state index in [4.69, 9.17) is 9.15 Å². The zero-order chi connectivity index (χ0) is 16.4. The fraction of sp³-hybridized carbons (Fsp3) is 0.529. The highest BCUT2D eigenvalue weighted by Gasteiger charge is 2.23. The van der Waals surface area contributed by atoms with E-state index in [1.54, 1.807) is 12.1 Å². The maximum absolute atomic E-state index is 12.1. The number of oxazole rings is 1. The smallest absolute Gasteiger partial charge is 0.408 e. The zero-order valence-corrected chi connectivity index (χ0v) is 13.4. The van der Waals surface area contributed by atoms with E-state index in [-0.39, 0.29) is 24.5 Å². The summed E-state index contributed by atoms with van der Waals surface area (Å²) < 4.78 is 10.5. The van der Waals surface area contributed by atoms with Gasteiger partial charge >= 0.3 is 5.76 Å². The summed E-state index contributed by atoms with van der Waals surface area (Å²) in [6.45, 7) is 4.82. The van der Waals surface area contributed by atoms with Crippen LogP contribution in [0.2, 0.25) is 0 Å². The van der Waals surface area contributed by atoms with Crippen LogP contribution >= 0.6 is 0 Å². The summed E-state index contributed by atoms with van der Waals surface area (Å²) in [5.74, 6) is 0.240. The second kappa shape index (κ2) is 6.58. The molecule has 1 fully saturated rings. The van der Waals surface area contributed by atoms with Crippen LogP contribution < -0.4 is 11.1 Å². The second-order valence-electron chi connectivity index (χ2n) is 6.52. The van der Waals surface area contributed by atoms with Crippen LogP contribution in [0.5, 0.6) is 0 Å². The van der Waals surface area contributed by atoms with Crippen molar-refractivity contribution >= 4 is 17.0 Å². The number of aromatic amines is 1. The Morgan fingerprint density at radius 3 is 2.91 bits per heavy atom. The lowest BCUT2D eigenvalue weighted by molar-refractivity contribution is -0.126. The van der Waals surface area contributed by atoms with Gasteiger partial charge in [0.2, 0.25) is 5.91 Å². The molecule has 6 nitrogen and oxygen atoms in total. The minimum Gasteiger partial charge on any atom is -0.408 e. The van der Waals surface area contributed by atoms with Crippen LogP contribution in [-0.2, 0) is 9.53 Å². The molecule has 1 aliphatic carbocycles. The van der Waals surface area contributed by atoms with E-state index in [2.05, 4.69) is 10.3 Å². The van der Waals surface area contributed by atoms with E-state index in [0.29, 0.717) is 23.6 Å². The fourth-order valence-electron chi connectivity index (χ4n) is 2.61. The highest BCUT2D eigenvalue weighted by Crippen LogP contribution is 2.28. The maximum atomic E-state index is 12.1. The summed E-state index contributed by atoms with van der Waals surface area (Å²) in [6, 6.07) is 5.32. The van der Waals surface area contributed by atoms with Crippen LogP contribution in [0.25, 0.3) is 11.1 Å². The first kappa shape index (κ1) is 15.8. The van der Waals surface area contributed by atoms with Gasteiger partial charge in [-0.15, -0.1) is 0 Å². The molecule has 0 unspecified atom stereocenters. The average Bonchev–Trinajstić information content (AvgIpc) is 3.23. The molecule has 23 heavy (non-hydrogen) atoms. The molecule has 0 saturated heterocycles. The third-order valence-corrected chi connectivity index (χ3v) is 4.07. The number of nitrogens with one attached hydrogen (secondary N) is 2. The molecule has 1 aromatic heterocycles. The standard InChI is InChI=1S/C17H22N2O4/c1-10(2)16(19-15(20)9-22-8-11-3-4-11)12-5-6-13-14(7-12)23-17(21)18-13/h5-7,10-11,16H,3-4,8-9H2,1-2H3,(H,18,21)(H,19,20)/t16-/m1/s1. The Kier molecular flexibility index (Phi) is 4.52. The van der Waals surface area contributed by atoms with Crippen LogP contribution in [0.1, 0.15) is 38.3 Å². The van der Waals surface area contributed by atoms with Crippen molar-refractivity contribution in [1.82, 2.24) is 10.3 Å². The van der Waals surface area contributed by atoms with Gasteiger partial charge < -0.3 is 14.5 Å². The van der Waals surface area contributed by atoms with Crippen molar-refractivity contribution in [1.29, 1.82) is 0 Å². The molecule has 1 saturated carbocycles. The van der Waals surface area contributed by atoms with E-state index in [9.17, 15) is 9.59 Å². The van der Waals surface area contributed by atoms with Crippen LogP contribution in [0.15, 0.2) is 27.4 Å². The van der Waals surface area contributed by atoms with Gasteiger partial charge in [-0.25, -0.2) is 4.79 Å². The van der Waals surface area contributed by atoms with Crippen molar-refractivity contribution in [3.8, 4) is 0 Å². The number of hydrogen-bond donors (Lipinski definition) is 2. The van der Waals surface area contributed by atoms with Gasteiger partial charge in [-0.1, -0.05) is 19.9 Å². The van der Waals surface area contributed by atoms with Gasteiger partial charge in [0, 0.05) is 0 Å². The molecular formula is C17H22N2O4. The topological polar surface area (TPSA) is 84.3 Å². The third kappa shape index (κ3) is 4.01. The van der Waals surface area contributed by atoms with E-state index >= 15 is 0 Å². The molecule has 1 aromatic carbocycles. The van der Waals surface area contributed by atoms with Gasteiger partial charge in [-0.2, -0.15) is 0 Å². The van der Waals surface area contributed by atoms with Gasteiger partial charge in [0.05, 0.1) is 18.2 Å². The van der Waals surface area contributed by atoms with Crippen molar-refractivity contribution < 1.29 is 13.9 Å². The molecule has 1 aliphatic rings. The Balaban J connectivity index is 1.68. The molecule has 1 amide bonds. The lowest BCUT2D eigenvalue weighted by Crippen LogP contribution is -2.34. The Morgan fingerprint density at radius 1 is 1.43 bits per heavy atom. The van der Waals surface area contributed by atoms with Gasteiger partial charge in [0.15, 0.2) is 5.58 Å². The Bertz CT molecular complexity index is 742. The summed E-state index contributed by atoms with van der Waals surface area (Å²) in [7, 11) is 0. The van der Waals surface area contributed by atoms with E-state index < -0.39 is 5.76 Å². The van der Waals surface area contributed by atoms with Crippen molar-refractivity contribution in [2.75, 3.05) is 13.2 Å². The van der Waals surface area contributed by atoms with Gasteiger partial charge in [0.25, 0.3) is 0 Å². The lowest BCUT2D eigenvalue weighted by Gasteiger charge is -2.23. The summed E-state index contributed by atoms with van der Waals surface area (Å²) in [5, 5.41) is 3.00. The van der Waals surface area contributed by atoms with Crippen molar-refractivity contribution in [2.45, 2.75) is 32.7 Å². The number of carbonyl (C=O) groups is 1. The number of aromatic nitrogens is 1. The van der Waals surface area contributed by atoms with Gasteiger partial charge in [-0.3, -0.25) is 9.78 Å². The Labute approximate surface area is 134 Å². The number of benzene rings is 1. The highest BCUT2D eigenvalue weighted by atomic mass is 16.5.